The van der Waals surface area contributed by atoms with Crippen molar-refractivity contribution in [1.29, 1.82) is 0 Å². The fraction of sp³-hybridized carbons (Fsp3) is 0.217. The molecule has 2 amide bonds. The van der Waals surface area contributed by atoms with Crippen molar-refractivity contribution in [3.63, 3.8) is 0 Å². The van der Waals surface area contributed by atoms with E-state index in [1.807, 2.05) is 31.2 Å². The number of nitrogens with zero attached hydrogens (tertiary/aromatic N) is 5. The smallest absolute Gasteiger partial charge is 0.253 e. The maximum Gasteiger partial charge on any atom is 0.253 e. The Hall–Kier alpha value is -2.65. The van der Waals surface area contributed by atoms with Gasteiger partial charge in [0.25, 0.3) is 5.91 Å². The average Bonchev–Trinajstić information content (AvgIpc) is 3.53. The minimum Gasteiger partial charge on any atom is -0.495 e. The minimum atomic E-state index is -0.364. The number of rotatable bonds is 11. The number of thioether (sulfide) groups is 2. The first-order valence-corrected chi connectivity index (χ1v) is 15.0. The second kappa shape index (κ2) is 13.4. The number of nitrogens with one attached hydrogen (secondary N) is 2. The van der Waals surface area contributed by atoms with Crippen LogP contribution in [0.25, 0.3) is 5.69 Å². The number of benzene rings is 2. The molecular weight excluding hydrogens is 634 g/mol. The van der Waals surface area contributed by atoms with E-state index >= 15 is 0 Å². The van der Waals surface area contributed by atoms with Crippen molar-refractivity contribution >= 4 is 79.3 Å². The first-order valence-electron chi connectivity index (χ1n) is 11.1. The van der Waals surface area contributed by atoms with E-state index in [1.165, 1.54) is 23.1 Å². The third kappa shape index (κ3) is 7.05. The van der Waals surface area contributed by atoms with Crippen LogP contribution >= 0.6 is 62.4 Å². The highest BCUT2D eigenvalue weighted by Crippen LogP contribution is 2.30. The maximum absolute atomic E-state index is 12.8. The van der Waals surface area contributed by atoms with Crippen LogP contribution in [0.3, 0.4) is 0 Å². The minimum absolute atomic E-state index is 0.0577. The van der Waals surface area contributed by atoms with Gasteiger partial charge in [-0.05, 0) is 36.1 Å². The summed E-state index contributed by atoms with van der Waals surface area (Å²) in [6, 6.07) is 12.4. The van der Waals surface area contributed by atoms with Crippen LogP contribution in [0.5, 0.6) is 5.75 Å². The number of ether oxygens (including phenoxy) is 1. The van der Waals surface area contributed by atoms with Gasteiger partial charge in [0.2, 0.25) is 11.0 Å². The first kappa shape index (κ1) is 28.4. The molecule has 0 spiro atoms. The third-order valence-corrected chi connectivity index (χ3v) is 8.47. The predicted octanol–water partition coefficient (Wildman–Crippen LogP) is 5.32. The Bertz CT molecular complexity index is 1450. The third-order valence-electron chi connectivity index (χ3n) is 4.86. The molecule has 0 saturated heterocycles. The summed E-state index contributed by atoms with van der Waals surface area (Å²) in [5.74, 6) is 1.34. The Kier molecular flexibility index (Phi) is 10.0. The van der Waals surface area contributed by atoms with Crippen LogP contribution in [-0.4, -0.2) is 55.4 Å². The summed E-state index contributed by atoms with van der Waals surface area (Å²) in [5, 5.41) is 23.4. The molecule has 0 aliphatic carbocycles. The van der Waals surface area contributed by atoms with E-state index in [2.05, 4.69) is 47.0 Å². The van der Waals surface area contributed by atoms with Crippen molar-refractivity contribution in [2.24, 2.45) is 0 Å². The van der Waals surface area contributed by atoms with Gasteiger partial charge in [0.05, 0.1) is 35.7 Å². The van der Waals surface area contributed by atoms with E-state index in [0.29, 0.717) is 38.1 Å². The fourth-order valence-electron chi connectivity index (χ4n) is 3.22. The van der Waals surface area contributed by atoms with Crippen LogP contribution < -0.4 is 15.4 Å². The molecule has 15 heteroatoms. The van der Waals surface area contributed by atoms with E-state index in [1.54, 1.807) is 41.6 Å². The molecular formula is C23H21BrClN7O3S3. The number of anilines is 1. The van der Waals surface area contributed by atoms with Gasteiger partial charge in [-0.25, -0.2) is 0 Å². The summed E-state index contributed by atoms with van der Waals surface area (Å²) in [5.41, 5.74) is 0.992. The van der Waals surface area contributed by atoms with Gasteiger partial charge in [-0.2, -0.15) is 0 Å². The van der Waals surface area contributed by atoms with Crippen molar-refractivity contribution in [1.82, 2.24) is 30.3 Å². The van der Waals surface area contributed by atoms with E-state index in [9.17, 15) is 9.59 Å². The Morgan fingerprint density at radius 3 is 2.74 bits per heavy atom. The highest BCUT2D eigenvalue weighted by Gasteiger charge is 2.20. The summed E-state index contributed by atoms with van der Waals surface area (Å²) in [4.78, 5) is 25.4. The molecule has 4 rings (SSSR count). The Morgan fingerprint density at radius 1 is 1.13 bits per heavy atom. The van der Waals surface area contributed by atoms with E-state index in [0.717, 1.165) is 14.6 Å². The summed E-state index contributed by atoms with van der Waals surface area (Å²) in [6.45, 7) is 2.08. The molecule has 0 aliphatic heterocycles. The van der Waals surface area contributed by atoms with E-state index in [4.69, 9.17) is 16.3 Å². The highest BCUT2D eigenvalue weighted by molar-refractivity contribution is 9.10. The van der Waals surface area contributed by atoms with Gasteiger partial charge in [-0.3, -0.25) is 19.5 Å². The number of halogens is 2. The average molecular weight is 655 g/mol. The van der Waals surface area contributed by atoms with Gasteiger partial charge in [0, 0.05) is 4.47 Å². The van der Waals surface area contributed by atoms with Gasteiger partial charge in [-0.1, -0.05) is 81.4 Å². The Morgan fingerprint density at radius 2 is 1.95 bits per heavy atom. The topological polar surface area (TPSA) is 124 Å². The zero-order valence-corrected chi connectivity index (χ0v) is 24.9. The molecule has 4 aromatic rings. The molecule has 0 radical (unpaired) electrons. The fourth-order valence-corrected chi connectivity index (χ4v) is 6.21. The lowest BCUT2D eigenvalue weighted by molar-refractivity contribution is -0.113. The van der Waals surface area contributed by atoms with Gasteiger partial charge < -0.3 is 10.1 Å². The van der Waals surface area contributed by atoms with Gasteiger partial charge in [0.1, 0.15) is 5.75 Å². The predicted molar refractivity (Wildman–Crippen MR) is 154 cm³/mol. The normalized spacial score (nSPS) is 10.8. The number of methoxy groups -OCH3 is 1. The number of aromatic nitrogens is 5. The van der Waals surface area contributed by atoms with Crippen LogP contribution in [0.1, 0.15) is 23.1 Å². The summed E-state index contributed by atoms with van der Waals surface area (Å²) in [6.07, 6.45) is 0. The maximum atomic E-state index is 12.8. The van der Waals surface area contributed by atoms with Crippen LogP contribution in [0.2, 0.25) is 5.02 Å². The van der Waals surface area contributed by atoms with Gasteiger partial charge >= 0.3 is 0 Å². The Labute approximate surface area is 244 Å². The molecule has 0 atom stereocenters. The molecule has 198 valence electrons. The van der Waals surface area contributed by atoms with E-state index < -0.39 is 0 Å². The monoisotopic (exact) mass is 653 g/mol. The van der Waals surface area contributed by atoms with Crippen molar-refractivity contribution in [3.8, 4) is 11.4 Å². The molecule has 0 bridgehead atoms. The van der Waals surface area contributed by atoms with Crippen molar-refractivity contribution in [3.05, 3.63) is 63.3 Å². The largest absolute Gasteiger partial charge is 0.495 e. The lowest BCUT2D eigenvalue weighted by Crippen LogP contribution is -2.25. The van der Waals surface area contributed by atoms with Crippen LogP contribution in [0.15, 0.2) is 56.4 Å². The first-order chi connectivity index (χ1) is 18.4. The second-order valence-electron chi connectivity index (χ2n) is 7.36. The molecule has 2 N–H and O–H groups in total. The molecule has 0 aliphatic rings. The number of carbonyl (C=O) groups is 2. The molecule has 0 fully saturated rings. The number of para-hydroxylation sites is 2. The van der Waals surface area contributed by atoms with Crippen LogP contribution in [0.4, 0.5) is 5.13 Å². The summed E-state index contributed by atoms with van der Waals surface area (Å²) in [7, 11) is 1.56. The van der Waals surface area contributed by atoms with Gasteiger partial charge in [-0.15, -0.1) is 20.4 Å². The number of amides is 2. The molecule has 38 heavy (non-hydrogen) atoms. The SMILES string of the molecule is CCSc1nnc(NC(=O)CSc2nnc(CNC(=O)c3cc(Br)ccc3Cl)n2-c2ccccc2OC)s1. The molecule has 0 saturated carbocycles. The van der Waals surface area contributed by atoms with Crippen molar-refractivity contribution in [2.45, 2.75) is 23.0 Å². The van der Waals surface area contributed by atoms with Crippen molar-refractivity contribution in [2.75, 3.05) is 23.9 Å². The van der Waals surface area contributed by atoms with E-state index in [-0.39, 0.29) is 24.1 Å². The zero-order valence-electron chi connectivity index (χ0n) is 20.1. The molecule has 2 aromatic heterocycles. The summed E-state index contributed by atoms with van der Waals surface area (Å²) >= 11 is 13.6. The van der Waals surface area contributed by atoms with Gasteiger partial charge in [0.15, 0.2) is 15.3 Å². The highest BCUT2D eigenvalue weighted by atomic mass is 79.9. The number of hydrogen-bond acceptors (Lipinski definition) is 10. The second-order valence-corrected chi connectivity index (χ2v) is 12.1. The Balaban J connectivity index is 1.53. The lowest BCUT2D eigenvalue weighted by atomic mass is 10.2. The standard InChI is InChI=1S/C23H21BrClN7O3S3/c1-3-36-23-31-29-21(38-23)27-19(33)12-37-22-30-28-18(32(22)16-6-4-5-7-17(16)35-2)11-26-20(34)14-10-13(24)8-9-15(14)25/h4-10H,3,11-12H2,1-2H3,(H,26,34)(H,27,29,33). The molecule has 0 unspecified atom stereocenters. The number of hydrogen-bond donors (Lipinski definition) is 2. The molecule has 2 aromatic carbocycles. The quantitative estimate of drug-likeness (QED) is 0.163. The zero-order chi connectivity index (χ0) is 27.1. The summed E-state index contributed by atoms with van der Waals surface area (Å²) < 4.78 is 8.81. The lowest BCUT2D eigenvalue weighted by Gasteiger charge is -2.14. The van der Waals surface area contributed by atoms with Crippen molar-refractivity contribution < 1.29 is 14.3 Å². The molecule has 10 nitrogen and oxygen atoms in total. The number of carbonyl (C=O) groups excluding carboxylic acids is 2. The molecule has 2 heterocycles. The van der Waals surface area contributed by atoms with Crippen LogP contribution in [0, 0.1) is 0 Å². The van der Waals surface area contributed by atoms with Crippen LogP contribution in [-0.2, 0) is 11.3 Å².